The van der Waals surface area contributed by atoms with Gasteiger partial charge < -0.3 is 9.97 Å². The van der Waals surface area contributed by atoms with Gasteiger partial charge in [-0.2, -0.15) is 10.5 Å². The van der Waals surface area contributed by atoms with Gasteiger partial charge in [-0.1, -0.05) is 0 Å². The minimum atomic E-state index is 0.591. The Bertz CT molecular complexity index is 1100. The van der Waals surface area contributed by atoms with Crippen molar-refractivity contribution in [2.75, 3.05) is 0 Å². The van der Waals surface area contributed by atoms with Crippen LogP contribution in [0, 0.1) is 22.7 Å². The third-order valence-corrected chi connectivity index (χ3v) is 3.68. The van der Waals surface area contributed by atoms with Gasteiger partial charge in [0.25, 0.3) is 0 Å². The van der Waals surface area contributed by atoms with Gasteiger partial charge in [0.05, 0.1) is 34.3 Å². The quantitative estimate of drug-likeness (QED) is 0.560. The lowest BCUT2D eigenvalue weighted by Gasteiger charge is -1.95. The van der Waals surface area contributed by atoms with E-state index in [9.17, 15) is 0 Å². The molecule has 0 spiro atoms. The molecule has 0 unspecified atom stereocenters. The Labute approximate surface area is 125 Å². The van der Waals surface area contributed by atoms with Crippen LogP contribution in [0.3, 0.4) is 0 Å². The maximum absolute atomic E-state index is 9.05. The predicted molar refractivity (Wildman–Crippen MR) is 82.8 cm³/mol. The highest BCUT2D eigenvalue weighted by Crippen LogP contribution is 2.29. The van der Waals surface area contributed by atoms with Gasteiger partial charge in [-0.3, -0.25) is 0 Å². The lowest BCUT2D eigenvalue weighted by molar-refractivity contribution is 1.34. The van der Waals surface area contributed by atoms with E-state index in [0.29, 0.717) is 17.0 Å². The fourth-order valence-electron chi connectivity index (χ4n) is 2.59. The van der Waals surface area contributed by atoms with Crippen LogP contribution in [0.15, 0.2) is 42.6 Å². The summed E-state index contributed by atoms with van der Waals surface area (Å²) in [6.45, 7) is 0. The van der Waals surface area contributed by atoms with Crippen molar-refractivity contribution in [2.45, 2.75) is 0 Å². The molecule has 2 N–H and O–H groups in total. The van der Waals surface area contributed by atoms with E-state index in [1.165, 1.54) is 0 Å². The SMILES string of the molecule is N#Cc1ccc2nc(-c3c[nH]c4ccc(C#N)cc34)[nH]c2c1. The van der Waals surface area contributed by atoms with Crippen molar-refractivity contribution < 1.29 is 0 Å². The van der Waals surface area contributed by atoms with Crippen molar-refractivity contribution in [2.24, 2.45) is 0 Å². The summed E-state index contributed by atoms with van der Waals surface area (Å²) in [4.78, 5) is 11.0. The second kappa shape index (κ2) is 4.47. The van der Waals surface area contributed by atoms with Crippen molar-refractivity contribution in [3.8, 4) is 23.5 Å². The molecule has 5 heteroatoms. The fraction of sp³-hybridized carbons (Fsp3) is 0. The second-order valence-electron chi connectivity index (χ2n) is 5.00. The summed E-state index contributed by atoms with van der Waals surface area (Å²) in [5.74, 6) is 0.714. The number of H-pyrrole nitrogens is 2. The van der Waals surface area contributed by atoms with Crippen LogP contribution in [0.4, 0.5) is 0 Å². The van der Waals surface area contributed by atoms with E-state index in [-0.39, 0.29) is 0 Å². The topological polar surface area (TPSA) is 92.0 Å². The number of fused-ring (bicyclic) bond motifs is 2. The summed E-state index contributed by atoms with van der Waals surface area (Å²) in [7, 11) is 0. The predicted octanol–water partition coefficient (Wildman–Crippen LogP) is 3.45. The number of nitrogens with one attached hydrogen (secondary N) is 2. The molecule has 0 aliphatic rings. The van der Waals surface area contributed by atoms with E-state index in [2.05, 4.69) is 27.1 Å². The smallest absolute Gasteiger partial charge is 0.140 e. The Balaban J connectivity index is 1.95. The third kappa shape index (κ3) is 1.74. The molecule has 102 valence electrons. The first-order valence-corrected chi connectivity index (χ1v) is 6.70. The number of rotatable bonds is 1. The van der Waals surface area contributed by atoms with Crippen LogP contribution >= 0.6 is 0 Å². The fourth-order valence-corrected chi connectivity index (χ4v) is 2.59. The molecule has 0 aliphatic carbocycles. The monoisotopic (exact) mass is 283 g/mol. The lowest BCUT2D eigenvalue weighted by atomic mass is 10.1. The van der Waals surface area contributed by atoms with Crippen LogP contribution in [0.25, 0.3) is 33.3 Å². The molecular weight excluding hydrogens is 274 g/mol. The average Bonchev–Trinajstić information content (AvgIpc) is 3.16. The molecule has 4 aromatic rings. The van der Waals surface area contributed by atoms with Gasteiger partial charge in [0, 0.05) is 22.7 Å². The van der Waals surface area contributed by atoms with E-state index < -0.39 is 0 Å². The molecule has 0 atom stereocenters. The van der Waals surface area contributed by atoms with Crippen LogP contribution < -0.4 is 0 Å². The average molecular weight is 283 g/mol. The molecule has 2 aromatic heterocycles. The molecule has 4 rings (SSSR count). The van der Waals surface area contributed by atoms with Crippen molar-refractivity contribution in [1.82, 2.24) is 15.0 Å². The molecule has 2 heterocycles. The third-order valence-electron chi connectivity index (χ3n) is 3.68. The van der Waals surface area contributed by atoms with E-state index >= 15 is 0 Å². The first-order chi connectivity index (χ1) is 10.8. The normalized spacial score (nSPS) is 10.6. The van der Waals surface area contributed by atoms with Crippen molar-refractivity contribution in [3.05, 3.63) is 53.7 Å². The molecule has 5 nitrogen and oxygen atoms in total. The van der Waals surface area contributed by atoms with Gasteiger partial charge in [-0.25, -0.2) is 4.98 Å². The molecule has 0 fully saturated rings. The summed E-state index contributed by atoms with van der Waals surface area (Å²) < 4.78 is 0. The summed E-state index contributed by atoms with van der Waals surface area (Å²) in [6.07, 6.45) is 1.87. The number of aromatic amines is 2. The molecular formula is C17H9N5. The van der Waals surface area contributed by atoms with E-state index in [4.69, 9.17) is 10.5 Å². The van der Waals surface area contributed by atoms with Gasteiger partial charge in [0.2, 0.25) is 0 Å². The minimum absolute atomic E-state index is 0.591. The highest BCUT2D eigenvalue weighted by atomic mass is 14.9. The molecule has 22 heavy (non-hydrogen) atoms. The summed E-state index contributed by atoms with van der Waals surface area (Å²) in [6, 6.07) is 15.1. The summed E-state index contributed by atoms with van der Waals surface area (Å²) in [5, 5.41) is 19.0. The molecule has 0 bridgehead atoms. The van der Waals surface area contributed by atoms with Crippen molar-refractivity contribution in [1.29, 1.82) is 10.5 Å². The number of nitriles is 2. The number of benzene rings is 2. The minimum Gasteiger partial charge on any atom is -0.360 e. The second-order valence-corrected chi connectivity index (χ2v) is 5.00. The van der Waals surface area contributed by atoms with Crippen LogP contribution in [0.5, 0.6) is 0 Å². The van der Waals surface area contributed by atoms with Gasteiger partial charge in [-0.15, -0.1) is 0 Å². The summed E-state index contributed by atoms with van der Waals surface area (Å²) in [5.41, 5.74) is 4.68. The standard InChI is InChI=1S/C17H9N5/c18-7-10-1-3-14-12(5-10)13(9-20-14)17-21-15-4-2-11(8-19)6-16(15)22-17/h1-6,9,20H,(H,21,22). The molecule has 0 saturated heterocycles. The van der Waals surface area contributed by atoms with Crippen LogP contribution in [0.2, 0.25) is 0 Å². The van der Waals surface area contributed by atoms with Gasteiger partial charge in [0.15, 0.2) is 0 Å². The Morgan fingerprint density at radius 3 is 2.50 bits per heavy atom. The van der Waals surface area contributed by atoms with Gasteiger partial charge in [0.1, 0.15) is 5.82 Å². The zero-order valence-corrected chi connectivity index (χ0v) is 11.4. The maximum atomic E-state index is 9.05. The van der Waals surface area contributed by atoms with Gasteiger partial charge >= 0.3 is 0 Å². The first kappa shape index (κ1) is 12.2. The van der Waals surface area contributed by atoms with Crippen LogP contribution in [0.1, 0.15) is 11.1 Å². The van der Waals surface area contributed by atoms with Crippen LogP contribution in [-0.4, -0.2) is 15.0 Å². The van der Waals surface area contributed by atoms with E-state index in [1.54, 1.807) is 18.2 Å². The molecule has 0 aliphatic heterocycles. The molecule has 0 amide bonds. The Kier molecular flexibility index (Phi) is 2.48. The van der Waals surface area contributed by atoms with Crippen molar-refractivity contribution >= 4 is 21.9 Å². The van der Waals surface area contributed by atoms with Crippen LogP contribution in [-0.2, 0) is 0 Å². The first-order valence-electron chi connectivity index (χ1n) is 6.70. The van der Waals surface area contributed by atoms with E-state index in [1.807, 2.05) is 24.4 Å². The Hall–Kier alpha value is -3.57. The zero-order valence-electron chi connectivity index (χ0n) is 11.4. The largest absolute Gasteiger partial charge is 0.360 e. The Morgan fingerprint density at radius 2 is 1.68 bits per heavy atom. The number of hydrogen-bond acceptors (Lipinski definition) is 3. The van der Waals surface area contributed by atoms with Gasteiger partial charge in [-0.05, 0) is 36.4 Å². The summed E-state index contributed by atoms with van der Waals surface area (Å²) >= 11 is 0. The maximum Gasteiger partial charge on any atom is 0.140 e. The number of hydrogen-bond donors (Lipinski definition) is 2. The Morgan fingerprint density at radius 1 is 0.909 bits per heavy atom. The highest BCUT2D eigenvalue weighted by molar-refractivity contribution is 5.96. The molecule has 2 aromatic carbocycles. The number of aromatic nitrogens is 3. The zero-order chi connectivity index (χ0) is 15.1. The van der Waals surface area contributed by atoms with Crippen molar-refractivity contribution in [3.63, 3.8) is 0 Å². The lowest BCUT2D eigenvalue weighted by Crippen LogP contribution is -1.79. The molecule has 0 saturated carbocycles. The highest BCUT2D eigenvalue weighted by Gasteiger charge is 2.11. The van der Waals surface area contributed by atoms with E-state index in [0.717, 1.165) is 27.5 Å². The molecule has 0 radical (unpaired) electrons. The number of nitrogens with zero attached hydrogens (tertiary/aromatic N) is 3. The number of imidazole rings is 1.